The number of nitrogens with zero attached hydrogens (tertiary/aromatic N) is 2. The summed E-state index contributed by atoms with van der Waals surface area (Å²) in [6, 6.07) is 3.32. The van der Waals surface area contributed by atoms with Crippen LogP contribution in [0.4, 0.5) is 4.79 Å². The standard InChI is InChI=1S/C18H24N4O3/c1-13-5-2-3-8-18(13)16(24)22(17(25)21-18)12-15(23)20-10-7-14-6-4-9-19-11-14/h4,6,9,11,13H,2-3,5,7-8,10,12H2,1H3,(H,20,23)(H,21,25)/t13-,18+/m0/s1. The maximum Gasteiger partial charge on any atom is 0.325 e. The van der Waals surface area contributed by atoms with Gasteiger partial charge in [-0.25, -0.2) is 4.79 Å². The number of carbonyl (C=O) groups is 3. The van der Waals surface area contributed by atoms with Crippen LogP contribution in [0.3, 0.4) is 0 Å². The maximum absolute atomic E-state index is 12.8. The van der Waals surface area contributed by atoms with Gasteiger partial charge in [0, 0.05) is 18.9 Å². The Kier molecular flexibility index (Phi) is 5.01. The highest BCUT2D eigenvalue weighted by Crippen LogP contribution is 2.38. The van der Waals surface area contributed by atoms with Crippen molar-refractivity contribution >= 4 is 17.8 Å². The van der Waals surface area contributed by atoms with Gasteiger partial charge in [0.05, 0.1) is 0 Å². The van der Waals surface area contributed by atoms with E-state index in [-0.39, 0.29) is 24.3 Å². The van der Waals surface area contributed by atoms with E-state index in [1.807, 2.05) is 19.1 Å². The molecule has 3 rings (SSSR count). The first-order chi connectivity index (χ1) is 12.0. The van der Waals surface area contributed by atoms with Crippen LogP contribution < -0.4 is 10.6 Å². The number of hydrogen-bond acceptors (Lipinski definition) is 4. The molecule has 2 fully saturated rings. The van der Waals surface area contributed by atoms with Gasteiger partial charge in [-0.1, -0.05) is 25.8 Å². The number of urea groups is 1. The second-order valence-electron chi connectivity index (χ2n) is 6.90. The van der Waals surface area contributed by atoms with Gasteiger partial charge >= 0.3 is 6.03 Å². The Morgan fingerprint density at radius 2 is 2.28 bits per heavy atom. The summed E-state index contributed by atoms with van der Waals surface area (Å²) in [6.45, 7) is 2.21. The monoisotopic (exact) mass is 344 g/mol. The number of rotatable bonds is 5. The van der Waals surface area contributed by atoms with Crippen LogP contribution in [-0.4, -0.2) is 46.4 Å². The number of amides is 4. The lowest BCUT2D eigenvalue weighted by Gasteiger charge is -2.36. The molecule has 2 atom stereocenters. The van der Waals surface area contributed by atoms with E-state index in [1.54, 1.807) is 12.4 Å². The van der Waals surface area contributed by atoms with Crippen molar-refractivity contribution in [1.82, 2.24) is 20.5 Å². The fraction of sp³-hybridized carbons (Fsp3) is 0.556. The summed E-state index contributed by atoms with van der Waals surface area (Å²) >= 11 is 0. The molecule has 0 unspecified atom stereocenters. The van der Waals surface area contributed by atoms with E-state index >= 15 is 0 Å². The molecule has 1 aliphatic heterocycles. The molecule has 1 aromatic heterocycles. The van der Waals surface area contributed by atoms with E-state index in [4.69, 9.17) is 0 Å². The third-order valence-corrected chi connectivity index (χ3v) is 5.26. The average Bonchev–Trinajstić information content (AvgIpc) is 2.84. The third-order valence-electron chi connectivity index (χ3n) is 5.26. The molecular formula is C18H24N4O3. The quantitative estimate of drug-likeness (QED) is 0.786. The van der Waals surface area contributed by atoms with Gasteiger partial charge < -0.3 is 10.6 Å². The topological polar surface area (TPSA) is 91.4 Å². The Morgan fingerprint density at radius 3 is 3.00 bits per heavy atom. The average molecular weight is 344 g/mol. The minimum absolute atomic E-state index is 0.0938. The van der Waals surface area contributed by atoms with Crippen molar-refractivity contribution in [2.24, 2.45) is 5.92 Å². The summed E-state index contributed by atoms with van der Waals surface area (Å²) in [6.07, 6.45) is 7.65. The van der Waals surface area contributed by atoms with Gasteiger partial charge in [-0.15, -0.1) is 0 Å². The summed E-state index contributed by atoms with van der Waals surface area (Å²) in [5, 5.41) is 5.62. The lowest BCUT2D eigenvalue weighted by molar-refractivity contribution is -0.137. The highest BCUT2D eigenvalue weighted by atomic mass is 16.2. The molecule has 25 heavy (non-hydrogen) atoms. The fourth-order valence-corrected chi connectivity index (χ4v) is 3.73. The van der Waals surface area contributed by atoms with Gasteiger partial charge in [-0.2, -0.15) is 0 Å². The van der Waals surface area contributed by atoms with Crippen molar-refractivity contribution in [3.05, 3.63) is 30.1 Å². The number of pyridine rings is 1. The van der Waals surface area contributed by atoms with Gasteiger partial charge in [0.25, 0.3) is 5.91 Å². The number of imide groups is 1. The van der Waals surface area contributed by atoms with Crippen LogP contribution in [0.15, 0.2) is 24.5 Å². The van der Waals surface area contributed by atoms with Crippen LogP contribution >= 0.6 is 0 Å². The van der Waals surface area contributed by atoms with E-state index in [2.05, 4.69) is 15.6 Å². The molecule has 1 saturated heterocycles. The van der Waals surface area contributed by atoms with Crippen LogP contribution in [0.1, 0.15) is 38.2 Å². The summed E-state index contributed by atoms with van der Waals surface area (Å²) in [7, 11) is 0. The van der Waals surface area contributed by atoms with E-state index in [9.17, 15) is 14.4 Å². The Labute approximate surface area is 147 Å². The number of nitrogens with one attached hydrogen (secondary N) is 2. The Hall–Kier alpha value is -2.44. The molecule has 0 aromatic carbocycles. The van der Waals surface area contributed by atoms with Crippen LogP contribution in [0.2, 0.25) is 0 Å². The molecule has 2 heterocycles. The molecule has 7 nitrogen and oxygen atoms in total. The second kappa shape index (κ2) is 7.21. The predicted octanol–water partition coefficient (Wildman–Crippen LogP) is 1.24. The fourth-order valence-electron chi connectivity index (χ4n) is 3.73. The lowest BCUT2D eigenvalue weighted by Crippen LogP contribution is -2.54. The highest BCUT2D eigenvalue weighted by molar-refractivity contribution is 6.09. The molecule has 7 heteroatoms. The van der Waals surface area contributed by atoms with Gasteiger partial charge in [0.2, 0.25) is 5.91 Å². The first-order valence-corrected chi connectivity index (χ1v) is 8.82. The lowest BCUT2D eigenvalue weighted by atomic mass is 9.73. The summed E-state index contributed by atoms with van der Waals surface area (Å²) in [4.78, 5) is 42.2. The first-order valence-electron chi connectivity index (χ1n) is 8.82. The third kappa shape index (κ3) is 3.50. The van der Waals surface area contributed by atoms with E-state index in [1.165, 1.54) is 0 Å². The van der Waals surface area contributed by atoms with Crippen LogP contribution in [-0.2, 0) is 16.0 Å². The smallest absolute Gasteiger partial charge is 0.325 e. The number of carbonyl (C=O) groups excluding carboxylic acids is 3. The van der Waals surface area contributed by atoms with Gasteiger partial charge in [-0.3, -0.25) is 19.5 Å². The normalized spacial score (nSPS) is 26.0. The van der Waals surface area contributed by atoms with E-state index in [0.717, 1.165) is 29.7 Å². The number of hydrogen-bond donors (Lipinski definition) is 2. The van der Waals surface area contributed by atoms with Crippen molar-refractivity contribution in [3.63, 3.8) is 0 Å². The van der Waals surface area contributed by atoms with Gasteiger partial charge in [0.15, 0.2) is 0 Å². The molecule has 134 valence electrons. The maximum atomic E-state index is 12.8. The highest BCUT2D eigenvalue weighted by Gasteiger charge is 2.55. The van der Waals surface area contributed by atoms with Crippen molar-refractivity contribution < 1.29 is 14.4 Å². The Morgan fingerprint density at radius 1 is 1.44 bits per heavy atom. The molecule has 0 bridgehead atoms. The second-order valence-corrected chi connectivity index (χ2v) is 6.90. The summed E-state index contributed by atoms with van der Waals surface area (Å²) in [5.74, 6) is -0.489. The van der Waals surface area contributed by atoms with Crippen LogP contribution in [0.25, 0.3) is 0 Å². The van der Waals surface area contributed by atoms with E-state index in [0.29, 0.717) is 19.4 Å². The Bertz CT molecular complexity index is 664. The Balaban J connectivity index is 1.54. The van der Waals surface area contributed by atoms with Crippen LogP contribution in [0, 0.1) is 5.92 Å². The molecule has 4 amide bonds. The molecule has 1 spiro atoms. The zero-order valence-corrected chi connectivity index (χ0v) is 14.5. The van der Waals surface area contributed by atoms with E-state index < -0.39 is 11.6 Å². The zero-order valence-electron chi connectivity index (χ0n) is 14.5. The molecule has 2 aliphatic rings. The largest absolute Gasteiger partial charge is 0.354 e. The predicted molar refractivity (Wildman–Crippen MR) is 91.6 cm³/mol. The molecule has 1 aliphatic carbocycles. The molecule has 2 N–H and O–H groups in total. The zero-order chi connectivity index (χ0) is 17.9. The first kappa shape index (κ1) is 17.4. The van der Waals surface area contributed by atoms with Crippen molar-refractivity contribution in [2.45, 2.75) is 44.6 Å². The van der Waals surface area contributed by atoms with Gasteiger partial charge in [0.1, 0.15) is 12.1 Å². The molecule has 1 aromatic rings. The van der Waals surface area contributed by atoms with Crippen molar-refractivity contribution in [1.29, 1.82) is 0 Å². The van der Waals surface area contributed by atoms with Crippen molar-refractivity contribution in [3.8, 4) is 0 Å². The minimum atomic E-state index is -0.814. The molecule has 1 saturated carbocycles. The van der Waals surface area contributed by atoms with Crippen molar-refractivity contribution in [2.75, 3.05) is 13.1 Å². The number of aromatic nitrogens is 1. The minimum Gasteiger partial charge on any atom is -0.354 e. The molecular weight excluding hydrogens is 320 g/mol. The summed E-state index contributed by atoms with van der Waals surface area (Å²) < 4.78 is 0. The molecule has 0 radical (unpaired) electrons. The SMILES string of the molecule is C[C@H]1CCCC[C@@]12NC(=O)N(CC(=O)NCCc1cccnc1)C2=O. The van der Waals surface area contributed by atoms with Crippen LogP contribution in [0.5, 0.6) is 0 Å². The van der Waals surface area contributed by atoms with Gasteiger partial charge in [-0.05, 0) is 36.8 Å². The summed E-state index contributed by atoms with van der Waals surface area (Å²) in [5.41, 5.74) is 0.207.